The lowest BCUT2D eigenvalue weighted by molar-refractivity contribution is 0.130. The maximum atomic E-state index is 5.31. The molecule has 0 fully saturated rings. The highest BCUT2D eigenvalue weighted by molar-refractivity contribution is 6.45. The summed E-state index contributed by atoms with van der Waals surface area (Å²) in [4.78, 5) is 14.3. The third-order valence-corrected chi connectivity index (χ3v) is 2.52. The van der Waals surface area contributed by atoms with E-state index in [0.717, 1.165) is 16.8 Å². The number of aliphatic imine (C=N–C) groups is 1. The lowest BCUT2D eigenvalue weighted by atomic mass is 10.0. The van der Waals surface area contributed by atoms with Crippen LogP contribution in [0.3, 0.4) is 0 Å². The zero-order valence-corrected chi connectivity index (χ0v) is 13.1. The normalized spacial score (nSPS) is 11.9. The van der Waals surface area contributed by atoms with Crippen molar-refractivity contribution < 1.29 is 14.4 Å². The van der Waals surface area contributed by atoms with Gasteiger partial charge in [0, 0.05) is 18.2 Å². The van der Waals surface area contributed by atoms with Crippen LogP contribution in [0.1, 0.15) is 25.0 Å². The second kappa shape index (κ2) is 8.73. The fraction of sp³-hybridized carbons (Fsp3) is 0.400. The number of hydrogen-bond acceptors (Lipinski definition) is 6. The average molecular weight is 291 g/mol. The largest absolute Gasteiger partial charge is 0.480 e. The Labute approximate surface area is 125 Å². The number of hydrogen-bond donors (Lipinski definition) is 0. The highest BCUT2D eigenvalue weighted by atomic mass is 16.6. The molecule has 114 valence electrons. The summed E-state index contributed by atoms with van der Waals surface area (Å²) in [5.74, 6) is 0.388. The van der Waals surface area contributed by atoms with E-state index >= 15 is 0 Å². The van der Waals surface area contributed by atoms with E-state index < -0.39 is 0 Å². The molecular weight excluding hydrogens is 270 g/mol. The standard InChI is InChI=1S/C15H21N3O3/c1-11(2)17-21-10-12-8-6-7-9-13(12)14(18-20-5)15(16-3)19-4/h6-9H,10H2,1-5H3/b16-15?,18-14+. The average Bonchev–Trinajstić information content (AvgIpc) is 2.48. The van der Waals surface area contributed by atoms with Crippen LogP contribution in [-0.2, 0) is 21.0 Å². The highest BCUT2D eigenvalue weighted by Gasteiger charge is 2.17. The van der Waals surface area contributed by atoms with Gasteiger partial charge in [-0.25, -0.2) is 0 Å². The fourth-order valence-electron chi connectivity index (χ4n) is 1.70. The first-order valence-electron chi connectivity index (χ1n) is 6.47. The Morgan fingerprint density at radius 1 is 1.10 bits per heavy atom. The van der Waals surface area contributed by atoms with Gasteiger partial charge in [0.25, 0.3) is 0 Å². The Hall–Kier alpha value is -2.37. The van der Waals surface area contributed by atoms with Gasteiger partial charge in [0.05, 0.1) is 12.8 Å². The topological polar surface area (TPSA) is 64.8 Å². The van der Waals surface area contributed by atoms with E-state index in [1.807, 2.05) is 38.1 Å². The van der Waals surface area contributed by atoms with Crippen molar-refractivity contribution in [2.24, 2.45) is 15.3 Å². The zero-order valence-electron chi connectivity index (χ0n) is 13.1. The molecule has 0 spiro atoms. The van der Waals surface area contributed by atoms with Crippen LogP contribution < -0.4 is 0 Å². The molecule has 0 saturated heterocycles. The zero-order chi connectivity index (χ0) is 15.7. The molecule has 0 aliphatic rings. The molecule has 21 heavy (non-hydrogen) atoms. The van der Waals surface area contributed by atoms with Crippen LogP contribution in [0.25, 0.3) is 0 Å². The van der Waals surface area contributed by atoms with E-state index in [4.69, 9.17) is 14.4 Å². The van der Waals surface area contributed by atoms with Crippen molar-refractivity contribution in [3.63, 3.8) is 0 Å². The summed E-state index contributed by atoms with van der Waals surface area (Å²) in [5, 5.41) is 7.95. The predicted octanol–water partition coefficient (Wildman–Crippen LogP) is 2.62. The van der Waals surface area contributed by atoms with Crippen molar-refractivity contribution in [1.82, 2.24) is 0 Å². The van der Waals surface area contributed by atoms with Gasteiger partial charge in [-0.3, -0.25) is 4.99 Å². The molecule has 0 amide bonds. The van der Waals surface area contributed by atoms with Gasteiger partial charge in [-0.1, -0.05) is 34.6 Å². The number of ether oxygens (including phenoxy) is 1. The molecule has 0 atom stereocenters. The predicted molar refractivity (Wildman–Crippen MR) is 83.9 cm³/mol. The SMILES string of the molecule is CN=C(OC)/C(=N/OC)c1ccccc1CON=C(C)C. The second-order valence-electron chi connectivity index (χ2n) is 4.32. The molecule has 1 aromatic rings. The first-order chi connectivity index (χ1) is 10.1. The summed E-state index contributed by atoms with van der Waals surface area (Å²) >= 11 is 0. The van der Waals surface area contributed by atoms with Gasteiger partial charge in [0.2, 0.25) is 5.90 Å². The molecule has 0 heterocycles. The number of nitrogens with zero attached hydrogens (tertiary/aromatic N) is 3. The number of benzene rings is 1. The quantitative estimate of drug-likeness (QED) is 0.460. The molecule has 0 unspecified atom stereocenters. The Morgan fingerprint density at radius 2 is 1.81 bits per heavy atom. The fourth-order valence-corrected chi connectivity index (χ4v) is 1.70. The lowest BCUT2D eigenvalue weighted by Crippen LogP contribution is -2.20. The summed E-state index contributed by atoms with van der Waals surface area (Å²) in [5.41, 5.74) is 3.10. The molecule has 1 aromatic carbocycles. The van der Waals surface area contributed by atoms with Crippen LogP contribution in [0.2, 0.25) is 0 Å². The first-order valence-corrected chi connectivity index (χ1v) is 6.47. The monoisotopic (exact) mass is 291 g/mol. The van der Waals surface area contributed by atoms with E-state index in [2.05, 4.69) is 15.3 Å². The molecule has 0 radical (unpaired) electrons. The Balaban J connectivity index is 3.15. The van der Waals surface area contributed by atoms with Crippen LogP contribution in [0.15, 0.2) is 39.6 Å². The molecule has 0 aliphatic carbocycles. The van der Waals surface area contributed by atoms with E-state index in [0.29, 0.717) is 18.2 Å². The van der Waals surface area contributed by atoms with Gasteiger partial charge in [-0.2, -0.15) is 0 Å². The van der Waals surface area contributed by atoms with Gasteiger partial charge in [0.1, 0.15) is 13.7 Å². The summed E-state index contributed by atoms with van der Waals surface area (Å²) < 4.78 is 5.24. The van der Waals surface area contributed by atoms with Crippen LogP contribution >= 0.6 is 0 Å². The van der Waals surface area contributed by atoms with Gasteiger partial charge < -0.3 is 14.4 Å². The van der Waals surface area contributed by atoms with E-state index in [9.17, 15) is 0 Å². The van der Waals surface area contributed by atoms with Gasteiger partial charge >= 0.3 is 0 Å². The van der Waals surface area contributed by atoms with E-state index in [-0.39, 0.29) is 0 Å². The van der Waals surface area contributed by atoms with Crippen molar-refractivity contribution in [2.75, 3.05) is 21.3 Å². The molecule has 6 nitrogen and oxygen atoms in total. The van der Waals surface area contributed by atoms with Crippen LogP contribution in [-0.4, -0.2) is 38.6 Å². The molecule has 0 saturated carbocycles. The molecule has 1 rings (SSSR count). The third-order valence-electron chi connectivity index (χ3n) is 2.52. The minimum Gasteiger partial charge on any atom is -0.480 e. The Bertz CT molecular complexity index is 547. The van der Waals surface area contributed by atoms with Crippen LogP contribution in [0.4, 0.5) is 0 Å². The summed E-state index contributed by atoms with van der Waals surface area (Å²) in [6.45, 7) is 4.07. The Kier molecular flexibility index (Phi) is 6.94. The molecule has 0 bridgehead atoms. The summed E-state index contributed by atoms with van der Waals surface area (Å²) in [6.07, 6.45) is 0. The molecule has 6 heteroatoms. The van der Waals surface area contributed by atoms with Gasteiger partial charge in [-0.15, -0.1) is 0 Å². The smallest absolute Gasteiger partial charge is 0.238 e. The van der Waals surface area contributed by atoms with Gasteiger partial charge in [-0.05, 0) is 13.8 Å². The highest BCUT2D eigenvalue weighted by Crippen LogP contribution is 2.13. The lowest BCUT2D eigenvalue weighted by Gasteiger charge is -2.11. The molecule has 0 N–H and O–H groups in total. The Morgan fingerprint density at radius 3 is 2.38 bits per heavy atom. The molecular formula is C15H21N3O3. The van der Waals surface area contributed by atoms with E-state index in [1.165, 1.54) is 14.2 Å². The van der Waals surface area contributed by atoms with Crippen molar-refractivity contribution >= 4 is 17.3 Å². The molecule has 0 aromatic heterocycles. The first kappa shape index (κ1) is 16.7. The number of oxime groups is 2. The summed E-state index contributed by atoms with van der Waals surface area (Å²) in [7, 11) is 4.65. The van der Waals surface area contributed by atoms with Crippen LogP contribution in [0.5, 0.6) is 0 Å². The van der Waals surface area contributed by atoms with Crippen LogP contribution in [0, 0.1) is 0 Å². The van der Waals surface area contributed by atoms with Gasteiger partial charge in [0.15, 0.2) is 5.71 Å². The van der Waals surface area contributed by atoms with Crippen molar-refractivity contribution in [3.05, 3.63) is 35.4 Å². The maximum absolute atomic E-state index is 5.31. The number of methoxy groups -OCH3 is 1. The minimum atomic E-state index is 0.324. The van der Waals surface area contributed by atoms with Crippen molar-refractivity contribution in [3.8, 4) is 0 Å². The second-order valence-corrected chi connectivity index (χ2v) is 4.32. The summed E-state index contributed by atoms with van der Waals surface area (Å²) in [6, 6.07) is 7.67. The van der Waals surface area contributed by atoms with E-state index in [1.54, 1.807) is 7.05 Å². The maximum Gasteiger partial charge on any atom is 0.238 e. The molecule has 0 aliphatic heterocycles. The van der Waals surface area contributed by atoms with Crippen molar-refractivity contribution in [2.45, 2.75) is 20.5 Å². The van der Waals surface area contributed by atoms with Crippen molar-refractivity contribution in [1.29, 1.82) is 0 Å². The minimum absolute atomic E-state index is 0.324. The third kappa shape index (κ3) is 4.91. The number of rotatable bonds is 6.